The molecule has 1 aliphatic rings. The van der Waals surface area contributed by atoms with E-state index in [0.717, 1.165) is 0 Å². The van der Waals surface area contributed by atoms with Crippen LogP contribution in [0.25, 0.3) is 0 Å². The van der Waals surface area contributed by atoms with Gasteiger partial charge in [-0.15, -0.1) is 6.58 Å². The van der Waals surface area contributed by atoms with Crippen molar-refractivity contribution in [2.75, 3.05) is 0 Å². The first-order valence-corrected chi connectivity index (χ1v) is 11.3. The van der Waals surface area contributed by atoms with E-state index in [9.17, 15) is 0 Å². The largest absolute Gasteiger partial charge is 0.370 e. The molecule has 0 saturated heterocycles. The lowest BCUT2D eigenvalue weighted by Gasteiger charge is -2.28. The molecule has 3 N–H and O–H groups in total. The molecule has 1 heterocycles. The van der Waals surface area contributed by atoms with Gasteiger partial charge in [0, 0.05) is 12.4 Å². The van der Waals surface area contributed by atoms with Gasteiger partial charge in [0.15, 0.2) is 0 Å². The standard InChI is InChI=1S/C23H45N3/c1-3-4-5-6-7-8-9-10-11-12-13-14-15-16-17-18-19-23-25-20-21-26(23)22(2)24/h3,20-23,25H,1,4-19,24H2,2H3. The molecular formula is C23H45N3. The number of hydrogen-bond acceptors (Lipinski definition) is 3. The molecule has 0 aliphatic carbocycles. The molecule has 0 aromatic rings. The Morgan fingerprint density at radius 1 is 0.885 bits per heavy atom. The maximum Gasteiger partial charge on any atom is 0.0995 e. The van der Waals surface area contributed by atoms with Gasteiger partial charge < -0.3 is 16.0 Å². The highest BCUT2D eigenvalue weighted by Crippen LogP contribution is 2.16. The highest BCUT2D eigenvalue weighted by Gasteiger charge is 2.20. The molecule has 152 valence electrons. The van der Waals surface area contributed by atoms with E-state index in [-0.39, 0.29) is 6.17 Å². The molecule has 3 heteroatoms. The topological polar surface area (TPSA) is 41.3 Å². The molecule has 0 amide bonds. The zero-order chi connectivity index (χ0) is 18.9. The van der Waals surface area contributed by atoms with E-state index in [1.807, 2.05) is 12.3 Å². The van der Waals surface area contributed by atoms with Crippen LogP contribution >= 0.6 is 0 Å². The fourth-order valence-corrected chi connectivity index (χ4v) is 3.83. The van der Waals surface area contributed by atoms with Crippen LogP contribution in [-0.4, -0.2) is 17.2 Å². The van der Waals surface area contributed by atoms with Gasteiger partial charge in [0.2, 0.25) is 0 Å². The van der Waals surface area contributed by atoms with Crippen LogP contribution in [0.2, 0.25) is 0 Å². The second-order valence-electron chi connectivity index (χ2n) is 8.00. The second kappa shape index (κ2) is 16.2. The summed E-state index contributed by atoms with van der Waals surface area (Å²) in [5.74, 6) is 0. The Balaban J connectivity index is 1.75. The molecule has 0 radical (unpaired) electrons. The molecule has 26 heavy (non-hydrogen) atoms. The highest BCUT2D eigenvalue weighted by atomic mass is 15.3. The summed E-state index contributed by atoms with van der Waals surface area (Å²) in [5, 5.41) is 3.40. The fourth-order valence-electron chi connectivity index (χ4n) is 3.83. The van der Waals surface area contributed by atoms with Gasteiger partial charge in [-0.25, -0.2) is 0 Å². The van der Waals surface area contributed by atoms with E-state index in [4.69, 9.17) is 5.73 Å². The predicted molar refractivity (Wildman–Crippen MR) is 116 cm³/mol. The lowest BCUT2D eigenvalue weighted by atomic mass is 10.0. The molecule has 2 atom stereocenters. The second-order valence-corrected chi connectivity index (χ2v) is 8.00. The number of unbranched alkanes of at least 4 members (excludes halogenated alkanes) is 14. The number of allylic oxidation sites excluding steroid dienone is 1. The van der Waals surface area contributed by atoms with Gasteiger partial charge in [-0.2, -0.15) is 0 Å². The smallest absolute Gasteiger partial charge is 0.0995 e. The van der Waals surface area contributed by atoms with Crippen molar-refractivity contribution in [3.63, 3.8) is 0 Å². The minimum absolute atomic E-state index is 0.100. The van der Waals surface area contributed by atoms with E-state index in [0.29, 0.717) is 6.17 Å². The van der Waals surface area contributed by atoms with Crippen molar-refractivity contribution in [2.45, 2.75) is 122 Å². The molecule has 0 fully saturated rings. The Morgan fingerprint density at radius 2 is 1.35 bits per heavy atom. The molecule has 3 nitrogen and oxygen atoms in total. The van der Waals surface area contributed by atoms with Crippen molar-refractivity contribution in [2.24, 2.45) is 5.73 Å². The normalized spacial score (nSPS) is 17.5. The lowest BCUT2D eigenvalue weighted by molar-refractivity contribution is 0.208. The van der Waals surface area contributed by atoms with E-state index >= 15 is 0 Å². The van der Waals surface area contributed by atoms with Gasteiger partial charge in [-0.3, -0.25) is 0 Å². The summed E-state index contributed by atoms with van der Waals surface area (Å²) >= 11 is 0. The average molecular weight is 364 g/mol. The summed E-state index contributed by atoms with van der Waals surface area (Å²) in [5.41, 5.74) is 5.98. The van der Waals surface area contributed by atoms with Crippen LogP contribution in [0.15, 0.2) is 25.1 Å². The van der Waals surface area contributed by atoms with Crippen LogP contribution in [0, 0.1) is 0 Å². The third kappa shape index (κ3) is 11.6. The molecule has 0 bridgehead atoms. The maximum atomic E-state index is 5.98. The Hall–Kier alpha value is -0.960. The maximum absolute atomic E-state index is 5.98. The van der Waals surface area contributed by atoms with Gasteiger partial charge in [0.25, 0.3) is 0 Å². The zero-order valence-corrected chi connectivity index (χ0v) is 17.4. The van der Waals surface area contributed by atoms with Gasteiger partial charge in [0.05, 0.1) is 12.3 Å². The quantitative estimate of drug-likeness (QED) is 0.218. The molecule has 0 aromatic heterocycles. The number of nitrogens with one attached hydrogen (secondary N) is 1. The van der Waals surface area contributed by atoms with Gasteiger partial charge >= 0.3 is 0 Å². The van der Waals surface area contributed by atoms with Crippen LogP contribution < -0.4 is 11.1 Å². The summed E-state index contributed by atoms with van der Waals surface area (Å²) < 4.78 is 0. The lowest BCUT2D eigenvalue weighted by Crippen LogP contribution is -2.44. The Bertz CT molecular complexity index is 351. The number of rotatable bonds is 18. The minimum atomic E-state index is 0.100. The first kappa shape index (κ1) is 23.1. The minimum Gasteiger partial charge on any atom is -0.370 e. The number of nitrogens with zero attached hydrogens (tertiary/aromatic N) is 1. The van der Waals surface area contributed by atoms with E-state index in [1.165, 1.54) is 103 Å². The van der Waals surface area contributed by atoms with Crippen molar-refractivity contribution in [3.05, 3.63) is 25.1 Å². The van der Waals surface area contributed by atoms with Gasteiger partial charge in [-0.05, 0) is 32.6 Å². The first-order valence-electron chi connectivity index (χ1n) is 11.3. The molecule has 1 aliphatic heterocycles. The summed E-state index contributed by atoms with van der Waals surface area (Å²) in [6.07, 6.45) is 28.7. The third-order valence-electron chi connectivity index (χ3n) is 5.50. The number of hydrogen-bond donors (Lipinski definition) is 2. The molecule has 0 aromatic carbocycles. The summed E-state index contributed by atoms with van der Waals surface area (Å²) in [6.45, 7) is 5.83. The van der Waals surface area contributed by atoms with Gasteiger partial charge in [-0.1, -0.05) is 83.1 Å². The highest BCUT2D eigenvalue weighted by molar-refractivity contribution is 4.95. The Labute approximate surface area is 163 Å². The van der Waals surface area contributed by atoms with E-state index in [2.05, 4.69) is 29.9 Å². The van der Waals surface area contributed by atoms with E-state index in [1.54, 1.807) is 0 Å². The average Bonchev–Trinajstić information content (AvgIpc) is 3.10. The summed E-state index contributed by atoms with van der Waals surface area (Å²) in [7, 11) is 0. The van der Waals surface area contributed by atoms with Crippen LogP contribution in [0.4, 0.5) is 0 Å². The zero-order valence-electron chi connectivity index (χ0n) is 17.4. The van der Waals surface area contributed by atoms with Crippen molar-refractivity contribution < 1.29 is 0 Å². The summed E-state index contributed by atoms with van der Waals surface area (Å²) in [6, 6.07) is 0. The molecule has 0 spiro atoms. The third-order valence-corrected chi connectivity index (χ3v) is 5.50. The van der Waals surface area contributed by atoms with Crippen LogP contribution in [0.5, 0.6) is 0 Å². The van der Waals surface area contributed by atoms with Crippen molar-refractivity contribution in [3.8, 4) is 0 Å². The van der Waals surface area contributed by atoms with Crippen LogP contribution in [0.3, 0.4) is 0 Å². The van der Waals surface area contributed by atoms with Crippen molar-refractivity contribution in [1.82, 2.24) is 10.2 Å². The van der Waals surface area contributed by atoms with Crippen LogP contribution in [0.1, 0.15) is 110 Å². The molecule has 0 saturated carbocycles. The Morgan fingerprint density at radius 3 is 1.81 bits per heavy atom. The summed E-state index contributed by atoms with van der Waals surface area (Å²) in [4.78, 5) is 2.22. The van der Waals surface area contributed by atoms with Crippen molar-refractivity contribution in [1.29, 1.82) is 0 Å². The molecule has 2 unspecified atom stereocenters. The SMILES string of the molecule is C=CCCCCCCCCCCCCCCCCC1NC=CN1C(C)N. The van der Waals surface area contributed by atoms with Crippen LogP contribution in [-0.2, 0) is 0 Å². The van der Waals surface area contributed by atoms with Gasteiger partial charge in [0.1, 0.15) is 0 Å². The predicted octanol–water partition coefficient (Wildman–Crippen LogP) is 6.42. The Kier molecular flexibility index (Phi) is 14.4. The van der Waals surface area contributed by atoms with E-state index < -0.39 is 0 Å². The first-order chi connectivity index (χ1) is 12.8. The molecule has 1 rings (SSSR count). The fraction of sp³-hybridized carbons (Fsp3) is 0.826. The monoisotopic (exact) mass is 363 g/mol. The number of nitrogens with two attached hydrogens (primary N) is 1. The van der Waals surface area contributed by atoms with Crippen molar-refractivity contribution >= 4 is 0 Å². The molecular weight excluding hydrogens is 318 g/mol.